The number of hydrogen-bond donors (Lipinski definition) is 2. The Labute approximate surface area is 139 Å². The van der Waals surface area contributed by atoms with Gasteiger partial charge in [-0.25, -0.2) is 0 Å². The van der Waals surface area contributed by atoms with Crippen LogP contribution in [0.1, 0.15) is 50.9 Å². The Morgan fingerprint density at radius 1 is 1.43 bits per heavy atom. The second kappa shape index (κ2) is 7.35. The van der Waals surface area contributed by atoms with Crippen LogP contribution in [0.3, 0.4) is 0 Å². The number of carbonyl (C=O) groups is 1. The van der Waals surface area contributed by atoms with Crippen LogP contribution in [0.2, 0.25) is 0 Å². The van der Waals surface area contributed by atoms with Crippen molar-refractivity contribution in [1.29, 1.82) is 0 Å². The maximum Gasteiger partial charge on any atom is 0.253 e. The third-order valence-electron chi connectivity index (χ3n) is 4.86. The molecule has 23 heavy (non-hydrogen) atoms. The van der Waals surface area contributed by atoms with E-state index < -0.39 is 0 Å². The number of benzene rings is 1. The number of anilines is 1. The van der Waals surface area contributed by atoms with E-state index >= 15 is 0 Å². The predicted octanol–water partition coefficient (Wildman–Crippen LogP) is 3.38. The van der Waals surface area contributed by atoms with E-state index in [9.17, 15) is 9.90 Å². The molecule has 0 aliphatic carbocycles. The molecule has 2 atom stereocenters. The summed E-state index contributed by atoms with van der Waals surface area (Å²) in [4.78, 5) is 14.6. The van der Waals surface area contributed by atoms with Crippen molar-refractivity contribution < 1.29 is 9.90 Å². The van der Waals surface area contributed by atoms with Gasteiger partial charge >= 0.3 is 0 Å². The van der Waals surface area contributed by atoms with Crippen molar-refractivity contribution in [2.45, 2.75) is 46.6 Å². The molecule has 1 fully saturated rings. The fraction of sp³-hybridized carbons (Fsp3) is 0.632. The molecule has 2 unspecified atom stereocenters. The van der Waals surface area contributed by atoms with Gasteiger partial charge in [0.25, 0.3) is 5.91 Å². The number of piperidine rings is 1. The summed E-state index contributed by atoms with van der Waals surface area (Å²) in [5.74, 6) is 0.283. The largest absolute Gasteiger partial charge is 0.396 e. The van der Waals surface area contributed by atoms with Crippen molar-refractivity contribution in [2.24, 2.45) is 11.3 Å². The first-order valence-electron chi connectivity index (χ1n) is 8.58. The summed E-state index contributed by atoms with van der Waals surface area (Å²) in [5, 5.41) is 12.8. The van der Waals surface area contributed by atoms with Gasteiger partial charge in [-0.2, -0.15) is 0 Å². The second-order valence-corrected chi connectivity index (χ2v) is 7.75. The molecular weight excluding hydrogens is 288 g/mol. The average Bonchev–Trinajstić information content (AvgIpc) is 2.53. The van der Waals surface area contributed by atoms with Crippen molar-refractivity contribution in [3.63, 3.8) is 0 Å². The summed E-state index contributed by atoms with van der Waals surface area (Å²) in [6.45, 7) is 10.4. The monoisotopic (exact) mass is 318 g/mol. The quantitative estimate of drug-likeness (QED) is 0.895. The summed E-state index contributed by atoms with van der Waals surface area (Å²) in [6, 6.07) is 8.05. The van der Waals surface area contributed by atoms with E-state index in [1.165, 1.54) is 0 Å². The first-order valence-corrected chi connectivity index (χ1v) is 8.58. The minimum Gasteiger partial charge on any atom is -0.396 e. The van der Waals surface area contributed by atoms with Gasteiger partial charge in [-0.1, -0.05) is 26.8 Å². The van der Waals surface area contributed by atoms with E-state index in [1.807, 2.05) is 29.2 Å². The Balaban J connectivity index is 2.08. The fourth-order valence-electron chi connectivity index (χ4n) is 2.79. The Morgan fingerprint density at radius 3 is 2.83 bits per heavy atom. The average molecular weight is 318 g/mol. The summed E-state index contributed by atoms with van der Waals surface area (Å²) in [5.41, 5.74) is 1.85. The molecule has 128 valence electrons. The molecule has 1 aliphatic heterocycles. The van der Waals surface area contributed by atoms with E-state index in [0.717, 1.165) is 30.6 Å². The van der Waals surface area contributed by atoms with Gasteiger partial charge in [0.05, 0.1) is 0 Å². The van der Waals surface area contributed by atoms with Gasteiger partial charge in [0.2, 0.25) is 0 Å². The lowest BCUT2D eigenvalue weighted by molar-refractivity contribution is 0.0621. The van der Waals surface area contributed by atoms with Crippen LogP contribution < -0.4 is 5.32 Å². The molecule has 1 aromatic carbocycles. The van der Waals surface area contributed by atoms with Crippen LogP contribution in [0.5, 0.6) is 0 Å². The van der Waals surface area contributed by atoms with E-state index in [0.29, 0.717) is 12.6 Å². The molecule has 0 spiro atoms. The van der Waals surface area contributed by atoms with Crippen LogP contribution in [0.4, 0.5) is 5.69 Å². The van der Waals surface area contributed by atoms with Crippen LogP contribution in [-0.2, 0) is 0 Å². The Morgan fingerprint density at radius 2 is 2.17 bits per heavy atom. The van der Waals surface area contributed by atoms with Crippen molar-refractivity contribution in [3.8, 4) is 0 Å². The lowest BCUT2D eigenvalue weighted by Crippen LogP contribution is -2.41. The van der Waals surface area contributed by atoms with Crippen LogP contribution in [0.15, 0.2) is 24.3 Å². The zero-order valence-corrected chi connectivity index (χ0v) is 14.8. The third-order valence-corrected chi connectivity index (χ3v) is 4.86. The highest BCUT2D eigenvalue weighted by atomic mass is 16.3. The van der Waals surface area contributed by atoms with E-state index in [1.54, 1.807) is 0 Å². The molecule has 2 N–H and O–H groups in total. The van der Waals surface area contributed by atoms with Gasteiger partial charge in [-0.15, -0.1) is 0 Å². The normalized spacial score (nSPS) is 20.2. The SMILES string of the molecule is CC(Nc1cccc(C(=O)N2CCCC(CO)C2)c1)C(C)(C)C. The third kappa shape index (κ3) is 4.71. The van der Waals surface area contributed by atoms with Crippen molar-refractivity contribution >= 4 is 11.6 Å². The molecule has 4 heteroatoms. The molecule has 1 heterocycles. The predicted molar refractivity (Wildman–Crippen MR) is 94.7 cm³/mol. The topological polar surface area (TPSA) is 52.6 Å². The van der Waals surface area contributed by atoms with Gasteiger partial charge in [0.1, 0.15) is 0 Å². The smallest absolute Gasteiger partial charge is 0.253 e. The standard InChI is InChI=1S/C19H30N2O2/c1-14(19(2,3)4)20-17-9-5-8-16(11-17)18(23)21-10-6-7-15(12-21)13-22/h5,8-9,11,14-15,20,22H,6-7,10,12-13H2,1-4H3. The number of rotatable bonds is 4. The summed E-state index contributed by atoms with van der Waals surface area (Å²) < 4.78 is 0. The summed E-state index contributed by atoms with van der Waals surface area (Å²) >= 11 is 0. The van der Waals surface area contributed by atoms with Gasteiger partial charge in [0, 0.05) is 37.0 Å². The lowest BCUT2D eigenvalue weighted by Gasteiger charge is -2.32. The fourth-order valence-corrected chi connectivity index (χ4v) is 2.79. The van der Waals surface area contributed by atoms with Crippen molar-refractivity contribution in [1.82, 2.24) is 4.90 Å². The van der Waals surface area contributed by atoms with E-state index in [2.05, 4.69) is 33.0 Å². The molecule has 1 amide bonds. The van der Waals surface area contributed by atoms with Gasteiger partial charge < -0.3 is 15.3 Å². The van der Waals surface area contributed by atoms with Crippen LogP contribution in [0, 0.1) is 11.3 Å². The molecule has 4 nitrogen and oxygen atoms in total. The highest BCUT2D eigenvalue weighted by molar-refractivity contribution is 5.95. The van der Waals surface area contributed by atoms with Gasteiger partial charge in [-0.05, 0) is 49.3 Å². The number of nitrogens with zero attached hydrogens (tertiary/aromatic N) is 1. The minimum absolute atomic E-state index is 0.0650. The number of amides is 1. The number of aliphatic hydroxyl groups is 1. The lowest BCUT2D eigenvalue weighted by atomic mass is 9.88. The number of nitrogens with one attached hydrogen (secondary N) is 1. The maximum absolute atomic E-state index is 12.7. The molecule has 0 aromatic heterocycles. The van der Waals surface area contributed by atoms with Crippen molar-refractivity contribution in [3.05, 3.63) is 29.8 Å². The number of likely N-dealkylation sites (tertiary alicyclic amines) is 1. The number of carbonyl (C=O) groups excluding carboxylic acids is 1. The molecule has 1 aliphatic rings. The summed E-state index contributed by atoms with van der Waals surface area (Å²) in [7, 11) is 0. The van der Waals surface area contributed by atoms with Crippen LogP contribution in [-0.4, -0.2) is 41.7 Å². The highest BCUT2D eigenvalue weighted by Gasteiger charge is 2.24. The Hall–Kier alpha value is -1.55. The molecule has 1 aromatic rings. The van der Waals surface area contributed by atoms with Gasteiger partial charge in [-0.3, -0.25) is 4.79 Å². The molecule has 1 saturated heterocycles. The molecule has 0 saturated carbocycles. The van der Waals surface area contributed by atoms with Gasteiger partial charge in [0.15, 0.2) is 0 Å². The zero-order chi connectivity index (χ0) is 17.0. The first kappa shape index (κ1) is 17.8. The van der Waals surface area contributed by atoms with Crippen molar-refractivity contribution in [2.75, 3.05) is 25.0 Å². The summed E-state index contributed by atoms with van der Waals surface area (Å²) in [6.07, 6.45) is 1.97. The van der Waals surface area contributed by atoms with E-state index in [-0.39, 0.29) is 23.8 Å². The second-order valence-electron chi connectivity index (χ2n) is 7.75. The van der Waals surface area contributed by atoms with E-state index in [4.69, 9.17) is 0 Å². The molecular formula is C19H30N2O2. The Kier molecular flexibility index (Phi) is 5.69. The highest BCUT2D eigenvalue weighted by Crippen LogP contribution is 2.24. The number of aliphatic hydroxyl groups excluding tert-OH is 1. The molecule has 2 rings (SSSR count). The minimum atomic E-state index is 0.0650. The molecule has 0 bridgehead atoms. The number of hydrogen-bond acceptors (Lipinski definition) is 3. The molecule has 0 radical (unpaired) electrons. The maximum atomic E-state index is 12.7. The first-order chi connectivity index (χ1) is 10.8. The van der Waals surface area contributed by atoms with Crippen LogP contribution >= 0.6 is 0 Å². The Bertz CT molecular complexity index is 536. The van der Waals surface area contributed by atoms with Crippen LogP contribution in [0.25, 0.3) is 0 Å². The zero-order valence-electron chi connectivity index (χ0n) is 14.8.